The summed E-state index contributed by atoms with van der Waals surface area (Å²) >= 11 is 0. The quantitative estimate of drug-likeness (QED) is 0.595. The summed E-state index contributed by atoms with van der Waals surface area (Å²) in [6, 6.07) is 18.2. The lowest BCUT2D eigenvalue weighted by Gasteiger charge is -2.25. The molecule has 0 radical (unpaired) electrons. The molecular formula is C26H28N2O. The van der Waals surface area contributed by atoms with Gasteiger partial charge in [-0.2, -0.15) is 5.26 Å². The third-order valence-electron chi connectivity index (χ3n) is 6.40. The van der Waals surface area contributed by atoms with Gasteiger partial charge in [0.1, 0.15) is 0 Å². The van der Waals surface area contributed by atoms with E-state index in [1.807, 2.05) is 29.2 Å². The standard InChI is InChI=1S/C26H28N2O/c1-2-3-9-23-17-26(15-6-7-16-26)25(29)28(23)19-20-11-13-21(14-12-20)24-10-5-4-8-22(24)18-27/h4-5,8,10-14,17H,2-3,6-7,9,15-16,19H2,1H3. The Morgan fingerprint density at radius 2 is 1.79 bits per heavy atom. The SMILES string of the molecule is CCCCC1=CC2(CCCC2)C(=O)N1Cc1ccc(-c2ccccc2C#N)cc1. The molecule has 0 saturated heterocycles. The van der Waals surface area contributed by atoms with Gasteiger partial charge in [0.2, 0.25) is 5.91 Å². The van der Waals surface area contributed by atoms with Crippen molar-refractivity contribution in [3.63, 3.8) is 0 Å². The molecule has 3 heteroatoms. The highest BCUT2D eigenvalue weighted by Crippen LogP contribution is 2.47. The maximum atomic E-state index is 13.3. The number of hydrogen-bond acceptors (Lipinski definition) is 2. The van der Waals surface area contributed by atoms with Gasteiger partial charge in [-0.3, -0.25) is 4.79 Å². The normalized spacial score (nSPS) is 17.6. The number of hydrogen-bond donors (Lipinski definition) is 0. The molecular weight excluding hydrogens is 356 g/mol. The number of amides is 1. The van der Waals surface area contributed by atoms with Crippen molar-refractivity contribution in [1.82, 2.24) is 4.90 Å². The zero-order valence-corrected chi connectivity index (χ0v) is 17.2. The molecule has 0 N–H and O–H groups in total. The Hall–Kier alpha value is -2.86. The minimum absolute atomic E-state index is 0.227. The summed E-state index contributed by atoms with van der Waals surface area (Å²) in [5.41, 5.74) is 4.80. The smallest absolute Gasteiger partial charge is 0.237 e. The molecule has 0 bridgehead atoms. The number of unbranched alkanes of at least 4 members (excludes halogenated alkanes) is 1. The van der Waals surface area contributed by atoms with Gasteiger partial charge in [0, 0.05) is 5.70 Å². The first-order valence-electron chi connectivity index (χ1n) is 10.8. The lowest BCUT2D eigenvalue weighted by atomic mass is 9.86. The van der Waals surface area contributed by atoms with Gasteiger partial charge in [0.25, 0.3) is 0 Å². The van der Waals surface area contributed by atoms with Gasteiger partial charge in [0.15, 0.2) is 0 Å². The second-order valence-corrected chi connectivity index (χ2v) is 8.35. The molecule has 1 amide bonds. The van der Waals surface area contributed by atoms with Crippen LogP contribution in [-0.4, -0.2) is 10.8 Å². The van der Waals surface area contributed by atoms with Crippen LogP contribution in [0, 0.1) is 16.7 Å². The minimum atomic E-state index is -0.227. The first-order chi connectivity index (χ1) is 14.2. The molecule has 1 saturated carbocycles. The molecule has 1 aliphatic carbocycles. The van der Waals surface area contributed by atoms with Crippen molar-refractivity contribution < 1.29 is 4.79 Å². The van der Waals surface area contributed by atoms with Crippen molar-refractivity contribution in [2.45, 2.75) is 58.4 Å². The fraction of sp³-hybridized carbons (Fsp3) is 0.385. The van der Waals surface area contributed by atoms with E-state index in [-0.39, 0.29) is 5.41 Å². The Kier molecular flexibility index (Phi) is 5.53. The van der Waals surface area contributed by atoms with Crippen LogP contribution < -0.4 is 0 Å². The molecule has 1 aliphatic heterocycles. The predicted octanol–water partition coefficient (Wildman–Crippen LogP) is 6.20. The topological polar surface area (TPSA) is 44.1 Å². The lowest BCUT2D eigenvalue weighted by molar-refractivity contribution is -0.135. The van der Waals surface area contributed by atoms with Crippen LogP contribution in [0.5, 0.6) is 0 Å². The van der Waals surface area contributed by atoms with Crippen molar-refractivity contribution in [3.8, 4) is 17.2 Å². The summed E-state index contributed by atoms with van der Waals surface area (Å²) in [7, 11) is 0. The van der Waals surface area contributed by atoms with E-state index in [1.54, 1.807) is 0 Å². The van der Waals surface area contributed by atoms with Gasteiger partial charge >= 0.3 is 0 Å². The fourth-order valence-electron chi connectivity index (χ4n) is 4.76. The van der Waals surface area contributed by atoms with Crippen LogP contribution in [0.15, 0.2) is 60.3 Å². The number of carbonyl (C=O) groups is 1. The molecule has 0 unspecified atom stereocenters. The highest BCUT2D eigenvalue weighted by atomic mass is 16.2. The van der Waals surface area contributed by atoms with Crippen molar-refractivity contribution in [3.05, 3.63) is 71.4 Å². The summed E-state index contributed by atoms with van der Waals surface area (Å²) in [6.45, 7) is 2.83. The summed E-state index contributed by atoms with van der Waals surface area (Å²) in [6.07, 6.45) is 9.86. The molecule has 1 heterocycles. The van der Waals surface area contributed by atoms with Crippen molar-refractivity contribution in [1.29, 1.82) is 5.26 Å². The molecule has 2 aromatic rings. The fourth-order valence-corrected chi connectivity index (χ4v) is 4.76. The molecule has 1 spiro atoms. The van der Waals surface area contributed by atoms with E-state index in [2.05, 4.69) is 43.3 Å². The van der Waals surface area contributed by atoms with Crippen LogP contribution in [0.4, 0.5) is 0 Å². The molecule has 2 aliphatic rings. The Morgan fingerprint density at radius 3 is 2.48 bits per heavy atom. The molecule has 1 fully saturated rings. The minimum Gasteiger partial charge on any atom is -0.311 e. The Labute approximate surface area is 173 Å². The second-order valence-electron chi connectivity index (χ2n) is 8.35. The first-order valence-corrected chi connectivity index (χ1v) is 10.8. The summed E-state index contributed by atoms with van der Waals surface area (Å²) in [5, 5.41) is 9.35. The average molecular weight is 385 g/mol. The number of carbonyl (C=O) groups excluding carboxylic acids is 1. The van der Waals surface area contributed by atoms with Crippen molar-refractivity contribution in [2.24, 2.45) is 5.41 Å². The van der Waals surface area contributed by atoms with E-state index in [0.717, 1.165) is 61.6 Å². The highest BCUT2D eigenvalue weighted by Gasteiger charge is 2.47. The molecule has 0 aromatic heterocycles. The van der Waals surface area contributed by atoms with E-state index in [9.17, 15) is 10.1 Å². The van der Waals surface area contributed by atoms with E-state index in [1.165, 1.54) is 5.70 Å². The summed E-state index contributed by atoms with van der Waals surface area (Å²) < 4.78 is 0. The molecule has 29 heavy (non-hydrogen) atoms. The lowest BCUT2D eigenvalue weighted by Crippen LogP contribution is -2.34. The summed E-state index contributed by atoms with van der Waals surface area (Å²) in [4.78, 5) is 15.4. The highest BCUT2D eigenvalue weighted by molar-refractivity contribution is 5.89. The van der Waals surface area contributed by atoms with Crippen LogP contribution in [0.3, 0.4) is 0 Å². The van der Waals surface area contributed by atoms with E-state index >= 15 is 0 Å². The Morgan fingerprint density at radius 1 is 1.07 bits per heavy atom. The molecule has 4 rings (SSSR count). The third-order valence-corrected chi connectivity index (χ3v) is 6.40. The van der Waals surface area contributed by atoms with Crippen LogP contribution >= 0.6 is 0 Å². The maximum Gasteiger partial charge on any atom is 0.237 e. The molecule has 3 nitrogen and oxygen atoms in total. The largest absolute Gasteiger partial charge is 0.311 e. The summed E-state index contributed by atoms with van der Waals surface area (Å²) in [5.74, 6) is 0.306. The average Bonchev–Trinajstić information content (AvgIpc) is 3.33. The Bertz CT molecular complexity index is 959. The number of benzene rings is 2. The molecule has 0 atom stereocenters. The maximum absolute atomic E-state index is 13.3. The number of nitrogens with zero attached hydrogens (tertiary/aromatic N) is 2. The monoisotopic (exact) mass is 384 g/mol. The van der Waals surface area contributed by atoms with Crippen LogP contribution in [0.25, 0.3) is 11.1 Å². The van der Waals surface area contributed by atoms with Gasteiger partial charge < -0.3 is 4.90 Å². The van der Waals surface area contributed by atoms with Gasteiger partial charge in [0.05, 0.1) is 23.6 Å². The molecule has 148 valence electrons. The van der Waals surface area contributed by atoms with Crippen LogP contribution in [-0.2, 0) is 11.3 Å². The van der Waals surface area contributed by atoms with Gasteiger partial charge in [-0.05, 0) is 54.5 Å². The predicted molar refractivity (Wildman–Crippen MR) is 116 cm³/mol. The van der Waals surface area contributed by atoms with Crippen LogP contribution in [0.2, 0.25) is 0 Å². The van der Waals surface area contributed by atoms with E-state index in [4.69, 9.17) is 0 Å². The van der Waals surface area contributed by atoms with Crippen molar-refractivity contribution >= 4 is 5.91 Å². The second kappa shape index (κ2) is 8.25. The van der Waals surface area contributed by atoms with E-state index < -0.39 is 0 Å². The zero-order valence-electron chi connectivity index (χ0n) is 17.2. The van der Waals surface area contributed by atoms with Crippen molar-refractivity contribution in [2.75, 3.05) is 0 Å². The number of nitriles is 1. The van der Waals surface area contributed by atoms with Gasteiger partial charge in [-0.1, -0.05) is 68.7 Å². The molecule has 2 aromatic carbocycles. The first kappa shape index (κ1) is 19.5. The zero-order chi connectivity index (χ0) is 20.3. The van der Waals surface area contributed by atoms with E-state index in [0.29, 0.717) is 18.0 Å². The Balaban J connectivity index is 1.56. The van der Waals surface area contributed by atoms with Gasteiger partial charge in [-0.25, -0.2) is 0 Å². The number of allylic oxidation sites excluding steroid dienone is 1. The third kappa shape index (κ3) is 3.72. The number of rotatable bonds is 6. The van der Waals surface area contributed by atoms with Crippen LogP contribution in [0.1, 0.15) is 63.0 Å². The van der Waals surface area contributed by atoms with Gasteiger partial charge in [-0.15, -0.1) is 0 Å².